The first kappa shape index (κ1) is 17.9. The predicted octanol–water partition coefficient (Wildman–Crippen LogP) is 1.17. The molecule has 0 saturated heterocycles. The molecule has 28 heavy (non-hydrogen) atoms. The number of sulfonamides is 1. The first-order valence-corrected chi connectivity index (χ1v) is 10.2. The van der Waals surface area contributed by atoms with Crippen molar-refractivity contribution in [3.63, 3.8) is 0 Å². The lowest BCUT2D eigenvalue weighted by Gasteiger charge is -2.12. The van der Waals surface area contributed by atoms with Crippen molar-refractivity contribution in [1.82, 2.24) is 9.88 Å². The zero-order valence-electron chi connectivity index (χ0n) is 14.0. The summed E-state index contributed by atoms with van der Waals surface area (Å²) in [5, 5.41) is 4.29. The molecule has 0 spiro atoms. The van der Waals surface area contributed by atoms with Crippen LogP contribution >= 0.6 is 11.3 Å². The summed E-state index contributed by atoms with van der Waals surface area (Å²) in [4.78, 5) is 36.0. The molecule has 2 amide bonds. The summed E-state index contributed by atoms with van der Waals surface area (Å²) in [6.45, 7) is 0. The van der Waals surface area contributed by atoms with E-state index in [1.165, 1.54) is 35.6 Å². The van der Waals surface area contributed by atoms with Crippen LogP contribution in [0.4, 0.5) is 10.8 Å². The minimum Gasteiger partial charge on any atom is -0.384 e. The second-order valence-electron chi connectivity index (χ2n) is 5.85. The Labute approximate surface area is 162 Å². The molecule has 0 bridgehead atoms. The molecule has 1 aromatic carbocycles. The van der Waals surface area contributed by atoms with Crippen LogP contribution in [0.2, 0.25) is 0 Å². The highest BCUT2D eigenvalue weighted by molar-refractivity contribution is 7.93. The highest BCUT2D eigenvalue weighted by Gasteiger charge is 2.31. The molecular formula is C17H12N4O5S2. The van der Waals surface area contributed by atoms with Crippen LogP contribution in [0.15, 0.2) is 57.5 Å². The number of imide groups is 1. The minimum atomic E-state index is -3.80. The zero-order chi connectivity index (χ0) is 20.1. The Morgan fingerprint density at radius 1 is 1.04 bits per heavy atom. The molecule has 4 N–H and O–H groups in total. The van der Waals surface area contributed by atoms with Gasteiger partial charge in [-0.2, -0.15) is 0 Å². The molecule has 0 unspecified atom stereocenters. The van der Waals surface area contributed by atoms with Gasteiger partial charge in [-0.1, -0.05) is 0 Å². The van der Waals surface area contributed by atoms with Crippen molar-refractivity contribution in [3.05, 3.63) is 69.3 Å². The fourth-order valence-corrected chi connectivity index (χ4v) is 4.78. The summed E-state index contributed by atoms with van der Waals surface area (Å²) in [6, 6.07) is 9.78. The van der Waals surface area contributed by atoms with Crippen LogP contribution in [0.3, 0.4) is 0 Å². The van der Waals surface area contributed by atoms with Gasteiger partial charge in [-0.05, 0) is 41.8 Å². The number of carbonyl (C=O) groups excluding carboxylic acids is 2. The number of pyridine rings is 1. The zero-order valence-corrected chi connectivity index (χ0v) is 15.6. The molecule has 0 fully saturated rings. The van der Waals surface area contributed by atoms with Crippen LogP contribution in [-0.4, -0.2) is 24.8 Å². The summed E-state index contributed by atoms with van der Waals surface area (Å²) in [5.41, 5.74) is 5.43. The van der Waals surface area contributed by atoms with E-state index in [2.05, 4.69) is 10.0 Å². The molecular weight excluding hydrogens is 404 g/mol. The van der Waals surface area contributed by atoms with E-state index >= 15 is 0 Å². The van der Waals surface area contributed by atoms with Crippen LogP contribution < -0.4 is 21.3 Å². The molecule has 0 atom stereocenters. The fraction of sp³-hybridized carbons (Fsp3) is 0. The summed E-state index contributed by atoms with van der Waals surface area (Å²) < 4.78 is 28.3. The molecule has 11 heteroatoms. The smallest absolute Gasteiger partial charge is 0.262 e. The highest BCUT2D eigenvalue weighted by Crippen LogP contribution is 2.24. The number of hydrogen-bond acceptors (Lipinski definition) is 7. The van der Waals surface area contributed by atoms with Crippen molar-refractivity contribution < 1.29 is 18.0 Å². The Kier molecular flexibility index (Phi) is 4.05. The summed E-state index contributed by atoms with van der Waals surface area (Å²) in [6.07, 6.45) is 0. The Morgan fingerprint density at radius 3 is 2.39 bits per heavy atom. The first-order chi connectivity index (χ1) is 13.3. The van der Waals surface area contributed by atoms with Gasteiger partial charge in [0.2, 0.25) is 0 Å². The molecule has 1 aliphatic rings. The molecule has 3 heterocycles. The number of nitrogens with zero attached hydrogens (tertiary/aromatic N) is 1. The van der Waals surface area contributed by atoms with Gasteiger partial charge < -0.3 is 5.73 Å². The Bertz CT molecular complexity index is 1280. The van der Waals surface area contributed by atoms with Crippen LogP contribution in [0, 0.1) is 0 Å². The topological polar surface area (TPSA) is 140 Å². The number of anilines is 2. The third kappa shape index (κ3) is 2.86. The number of rotatable bonds is 4. The second kappa shape index (κ2) is 6.32. The van der Waals surface area contributed by atoms with Gasteiger partial charge in [0.1, 0.15) is 10.8 Å². The normalized spacial score (nSPS) is 13.3. The lowest BCUT2D eigenvalue weighted by atomic mass is 10.1. The van der Waals surface area contributed by atoms with E-state index in [0.29, 0.717) is 5.00 Å². The van der Waals surface area contributed by atoms with Crippen LogP contribution in [0.25, 0.3) is 5.69 Å². The van der Waals surface area contributed by atoms with Crippen molar-refractivity contribution in [2.24, 2.45) is 0 Å². The van der Waals surface area contributed by atoms with E-state index in [9.17, 15) is 22.8 Å². The van der Waals surface area contributed by atoms with Crippen molar-refractivity contribution >= 4 is 44.0 Å². The van der Waals surface area contributed by atoms with Crippen molar-refractivity contribution in [2.45, 2.75) is 4.90 Å². The van der Waals surface area contributed by atoms with Gasteiger partial charge in [0, 0.05) is 6.07 Å². The van der Waals surface area contributed by atoms with Gasteiger partial charge in [-0.3, -0.25) is 29.0 Å². The second-order valence-corrected chi connectivity index (χ2v) is 8.48. The van der Waals surface area contributed by atoms with Crippen LogP contribution in [0.5, 0.6) is 0 Å². The monoisotopic (exact) mass is 416 g/mol. The van der Waals surface area contributed by atoms with Gasteiger partial charge >= 0.3 is 0 Å². The SMILES string of the molecule is Nc1c2c(cc(=O)n1-c1ccc(S(=O)(=O)Nc3cccs3)cc1)C(=O)NC2=O. The Balaban J connectivity index is 1.75. The molecule has 0 saturated carbocycles. The van der Waals surface area contributed by atoms with E-state index in [-0.39, 0.29) is 27.5 Å². The number of hydrogen-bond donors (Lipinski definition) is 3. The summed E-state index contributed by atoms with van der Waals surface area (Å²) in [5.74, 6) is -1.57. The quantitative estimate of drug-likeness (QED) is 0.545. The fourth-order valence-electron chi connectivity index (χ4n) is 2.85. The predicted molar refractivity (Wildman–Crippen MR) is 103 cm³/mol. The summed E-state index contributed by atoms with van der Waals surface area (Å²) in [7, 11) is -3.80. The first-order valence-electron chi connectivity index (χ1n) is 7.86. The molecule has 0 aliphatic carbocycles. The number of nitrogens with two attached hydrogens (primary N) is 1. The average Bonchev–Trinajstić information content (AvgIpc) is 3.23. The molecule has 4 rings (SSSR count). The maximum atomic E-state index is 12.4. The van der Waals surface area contributed by atoms with E-state index in [0.717, 1.165) is 10.6 Å². The minimum absolute atomic E-state index is 0.00893. The van der Waals surface area contributed by atoms with Crippen molar-refractivity contribution in [3.8, 4) is 5.69 Å². The van der Waals surface area contributed by atoms with Crippen molar-refractivity contribution in [1.29, 1.82) is 0 Å². The molecule has 142 valence electrons. The van der Waals surface area contributed by atoms with E-state index in [1.807, 2.05) is 0 Å². The molecule has 1 aliphatic heterocycles. The van der Waals surface area contributed by atoms with Crippen molar-refractivity contribution in [2.75, 3.05) is 10.5 Å². The molecule has 9 nitrogen and oxygen atoms in total. The maximum Gasteiger partial charge on any atom is 0.262 e. The Hall–Kier alpha value is -3.44. The maximum absolute atomic E-state index is 12.4. The van der Waals surface area contributed by atoms with Gasteiger partial charge in [-0.25, -0.2) is 8.42 Å². The Morgan fingerprint density at radius 2 is 1.75 bits per heavy atom. The van der Waals surface area contributed by atoms with Gasteiger partial charge in [0.05, 0.1) is 21.7 Å². The number of thiophene rings is 1. The van der Waals surface area contributed by atoms with Gasteiger partial charge in [0.15, 0.2) is 0 Å². The third-order valence-electron chi connectivity index (χ3n) is 4.11. The number of aromatic nitrogens is 1. The lowest BCUT2D eigenvalue weighted by Crippen LogP contribution is -2.24. The van der Waals surface area contributed by atoms with Gasteiger partial charge in [0.25, 0.3) is 27.4 Å². The standard InChI is InChI=1S/C17H12N4O5S2/c18-15-14-11(16(23)19-17(14)24)8-13(22)21(15)9-3-5-10(6-4-9)28(25,26)20-12-2-1-7-27-12/h1-8,20H,18H2,(H,19,23,24). The number of carbonyl (C=O) groups is 2. The number of nitrogens with one attached hydrogen (secondary N) is 2. The largest absolute Gasteiger partial charge is 0.384 e. The van der Waals surface area contributed by atoms with Crippen LogP contribution in [-0.2, 0) is 10.0 Å². The number of benzene rings is 1. The summed E-state index contributed by atoms with van der Waals surface area (Å²) >= 11 is 1.24. The van der Waals surface area contributed by atoms with Crippen LogP contribution in [0.1, 0.15) is 20.7 Å². The molecule has 0 radical (unpaired) electrons. The van der Waals surface area contributed by atoms with E-state index in [1.54, 1.807) is 17.5 Å². The number of fused-ring (bicyclic) bond motifs is 1. The third-order valence-corrected chi connectivity index (χ3v) is 6.41. The molecule has 3 aromatic rings. The molecule has 2 aromatic heterocycles. The number of nitrogen functional groups attached to an aromatic ring is 1. The number of amides is 2. The highest BCUT2D eigenvalue weighted by atomic mass is 32.2. The van der Waals surface area contributed by atoms with E-state index < -0.39 is 27.4 Å². The average molecular weight is 416 g/mol. The van der Waals surface area contributed by atoms with Gasteiger partial charge in [-0.15, -0.1) is 11.3 Å². The van der Waals surface area contributed by atoms with E-state index in [4.69, 9.17) is 5.73 Å². The lowest BCUT2D eigenvalue weighted by molar-refractivity contribution is 0.0880.